The molecule has 0 amide bonds. The molecule has 142 valence electrons. The lowest BCUT2D eigenvalue weighted by Gasteiger charge is -2.17. The summed E-state index contributed by atoms with van der Waals surface area (Å²) in [5.74, 6) is 0.399. The largest absolute Gasteiger partial charge is 0.383 e. The number of hydrogen-bond acceptors (Lipinski definition) is 7. The topological polar surface area (TPSA) is 102 Å². The highest BCUT2D eigenvalue weighted by Gasteiger charge is 2.22. The lowest BCUT2D eigenvalue weighted by molar-refractivity contribution is 1.17. The summed E-state index contributed by atoms with van der Waals surface area (Å²) in [7, 11) is 0. The van der Waals surface area contributed by atoms with E-state index < -0.39 is 0 Å². The van der Waals surface area contributed by atoms with Gasteiger partial charge < -0.3 is 11.5 Å². The van der Waals surface area contributed by atoms with E-state index >= 15 is 0 Å². The lowest BCUT2D eigenvalue weighted by atomic mass is 10.1. The number of aryl methyl sites for hydroxylation is 1. The van der Waals surface area contributed by atoms with E-state index in [0.717, 1.165) is 25.1 Å². The third-order valence-corrected chi connectivity index (χ3v) is 6.71. The Morgan fingerprint density at radius 1 is 0.828 bits per heavy atom. The highest BCUT2D eigenvalue weighted by atomic mass is 32.2. The minimum Gasteiger partial charge on any atom is -0.383 e. The molecule has 0 bridgehead atoms. The molecule has 0 aliphatic rings. The fourth-order valence-electron chi connectivity index (χ4n) is 3.06. The summed E-state index contributed by atoms with van der Waals surface area (Å²) < 4.78 is 0. The predicted molar refractivity (Wildman–Crippen MR) is 119 cm³/mol. The molecule has 0 spiro atoms. The molecular weight excluding hydrogens is 398 g/mol. The van der Waals surface area contributed by atoms with Crippen molar-refractivity contribution in [3.05, 3.63) is 71.8 Å². The standard InChI is InChI=1S/C22H17N5S2/c1-13-18-17(21(24)27-22(25)26-18)20(29-15-10-6-3-7-11-15)16(12-23)19(13)28-14-8-4-2-5-9-14/h2-11H,1H3,(H4,24,25,26,27). The van der Waals surface area contributed by atoms with Crippen LogP contribution in [-0.4, -0.2) is 9.97 Å². The molecule has 5 nitrogen and oxygen atoms in total. The van der Waals surface area contributed by atoms with Crippen LogP contribution in [0.1, 0.15) is 11.1 Å². The summed E-state index contributed by atoms with van der Waals surface area (Å²) in [6.45, 7) is 1.94. The third kappa shape index (κ3) is 3.73. The molecule has 0 saturated heterocycles. The maximum Gasteiger partial charge on any atom is 0.222 e. The van der Waals surface area contributed by atoms with Gasteiger partial charge in [0, 0.05) is 19.6 Å². The van der Waals surface area contributed by atoms with Gasteiger partial charge in [-0.15, -0.1) is 0 Å². The third-order valence-electron chi connectivity index (χ3n) is 4.37. The van der Waals surface area contributed by atoms with Crippen molar-refractivity contribution in [2.45, 2.75) is 26.5 Å². The number of nitriles is 1. The number of nitrogens with two attached hydrogens (primary N) is 2. The van der Waals surface area contributed by atoms with E-state index in [1.807, 2.05) is 67.6 Å². The van der Waals surface area contributed by atoms with Gasteiger partial charge in [-0.1, -0.05) is 59.9 Å². The van der Waals surface area contributed by atoms with Crippen LogP contribution in [0.3, 0.4) is 0 Å². The van der Waals surface area contributed by atoms with Crippen LogP contribution in [0, 0.1) is 18.3 Å². The molecule has 0 atom stereocenters. The molecule has 4 rings (SSSR count). The quantitative estimate of drug-likeness (QED) is 0.468. The molecule has 4 N–H and O–H groups in total. The average Bonchev–Trinajstić information content (AvgIpc) is 2.73. The van der Waals surface area contributed by atoms with Crippen molar-refractivity contribution in [1.29, 1.82) is 5.26 Å². The van der Waals surface area contributed by atoms with Gasteiger partial charge in [-0.2, -0.15) is 10.2 Å². The number of aromatic nitrogens is 2. The Hall–Kier alpha value is -3.21. The number of hydrogen-bond donors (Lipinski definition) is 2. The Kier molecular flexibility index (Phi) is 5.30. The fourth-order valence-corrected chi connectivity index (χ4v) is 5.23. The average molecular weight is 416 g/mol. The number of benzene rings is 3. The molecule has 29 heavy (non-hydrogen) atoms. The van der Waals surface area contributed by atoms with E-state index in [9.17, 15) is 5.26 Å². The Bertz CT molecular complexity index is 1240. The second-order valence-corrected chi connectivity index (χ2v) is 8.46. The van der Waals surface area contributed by atoms with Crippen molar-refractivity contribution in [2.24, 2.45) is 0 Å². The molecule has 0 aliphatic carbocycles. The second kappa shape index (κ2) is 8.03. The van der Waals surface area contributed by atoms with Crippen molar-refractivity contribution in [2.75, 3.05) is 11.5 Å². The lowest BCUT2D eigenvalue weighted by Crippen LogP contribution is -2.05. The maximum atomic E-state index is 10.1. The molecule has 7 heteroatoms. The van der Waals surface area contributed by atoms with E-state index in [4.69, 9.17) is 11.5 Å². The molecule has 0 fully saturated rings. The van der Waals surface area contributed by atoms with Crippen molar-refractivity contribution in [3.63, 3.8) is 0 Å². The summed E-state index contributed by atoms with van der Waals surface area (Å²) in [6, 6.07) is 22.2. The van der Waals surface area contributed by atoms with E-state index in [2.05, 4.69) is 16.0 Å². The molecule has 4 aromatic rings. The fraction of sp³-hybridized carbons (Fsp3) is 0.0455. The van der Waals surface area contributed by atoms with E-state index in [1.165, 1.54) is 23.5 Å². The molecule has 0 saturated carbocycles. The molecule has 1 aromatic heterocycles. The first-order valence-corrected chi connectivity index (χ1v) is 10.5. The molecule has 0 unspecified atom stereocenters. The van der Waals surface area contributed by atoms with Crippen molar-refractivity contribution in [3.8, 4) is 6.07 Å². The van der Waals surface area contributed by atoms with Gasteiger partial charge in [0.1, 0.15) is 11.9 Å². The first-order valence-electron chi connectivity index (χ1n) is 8.83. The van der Waals surface area contributed by atoms with E-state index in [-0.39, 0.29) is 11.8 Å². The first kappa shape index (κ1) is 19.1. The number of nitrogen functional groups attached to an aromatic ring is 2. The number of anilines is 2. The van der Waals surface area contributed by atoms with Gasteiger partial charge in [-0.3, -0.25) is 0 Å². The van der Waals surface area contributed by atoms with Gasteiger partial charge in [-0.05, 0) is 36.8 Å². The van der Waals surface area contributed by atoms with Crippen LogP contribution in [0.2, 0.25) is 0 Å². The van der Waals surface area contributed by atoms with Gasteiger partial charge in [-0.25, -0.2) is 4.98 Å². The highest BCUT2D eigenvalue weighted by molar-refractivity contribution is 8.00. The molecule has 3 aromatic carbocycles. The summed E-state index contributed by atoms with van der Waals surface area (Å²) in [4.78, 5) is 12.3. The van der Waals surface area contributed by atoms with E-state index in [1.54, 1.807) is 0 Å². The molecular formula is C22H17N5S2. The van der Waals surface area contributed by atoms with Gasteiger partial charge in [0.15, 0.2) is 0 Å². The summed E-state index contributed by atoms with van der Waals surface area (Å²) in [5.41, 5.74) is 14.2. The monoisotopic (exact) mass is 415 g/mol. The Balaban J connectivity index is 2.02. The number of rotatable bonds is 4. The van der Waals surface area contributed by atoms with Crippen molar-refractivity contribution >= 4 is 46.2 Å². The smallest absolute Gasteiger partial charge is 0.222 e. The Labute approximate surface area is 177 Å². The summed E-state index contributed by atoms with van der Waals surface area (Å²) >= 11 is 3.02. The van der Waals surface area contributed by atoms with Crippen LogP contribution in [0.5, 0.6) is 0 Å². The van der Waals surface area contributed by atoms with Gasteiger partial charge >= 0.3 is 0 Å². The molecule has 1 heterocycles. The van der Waals surface area contributed by atoms with Gasteiger partial charge in [0.2, 0.25) is 5.95 Å². The predicted octanol–water partition coefficient (Wildman–Crippen LogP) is 5.28. The van der Waals surface area contributed by atoms with Gasteiger partial charge in [0.25, 0.3) is 0 Å². The zero-order valence-corrected chi connectivity index (χ0v) is 17.2. The summed E-state index contributed by atoms with van der Waals surface area (Å²) in [6.07, 6.45) is 0. The molecule has 0 radical (unpaired) electrons. The molecule has 0 aliphatic heterocycles. The van der Waals surface area contributed by atoms with Crippen LogP contribution in [0.15, 0.2) is 80.2 Å². The van der Waals surface area contributed by atoms with Crippen LogP contribution < -0.4 is 11.5 Å². The maximum absolute atomic E-state index is 10.1. The van der Waals surface area contributed by atoms with Crippen LogP contribution in [-0.2, 0) is 0 Å². The Morgan fingerprint density at radius 2 is 1.38 bits per heavy atom. The SMILES string of the molecule is Cc1c(Sc2ccccc2)c(C#N)c(Sc2ccccc2)c2c(N)nc(N)nc12. The van der Waals surface area contributed by atoms with Crippen LogP contribution in [0.25, 0.3) is 10.9 Å². The van der Waals surface area contributed by atoms with Crippen molar-refractivity contribution in [1.82, 2.24) is 9.97 Å². The van der Waals surface area contributed by atoms with Crippen LogP contribution in [0.4, 0.5) is 11.8 Å². The normalized spacial score (nSPS) is 10.8. The minimum atomic E-state index is 0.120. The first-order chi connectivity index (χ1) is 14.1. The number of fused-ring (bicyclic) bond motifs is 1. The Morgan fingerprint density at radius 3 is 1.93 bits per heavy atom. The zero-order valence-electron chi connectivity index (χ0n) is 15.6. The highest BCUT2D eigenvalue weighted by Crippen LogP contribution is 2.45. The van der Waals surface area contributed by atoms with E-state index in [0.29, 0.717) is 16.5 Å². The van der Waals surface area contributed by atoms with Gasteiger partial charge in [0.05, 0.1) is 16.5 Å². The zero-order chi connectivity index (χ0) is 20.4. The minimum absolute atomic E-state index is 0.120. The number of nitrogens with zero attached hydrogens (tertiary/aromatic N) is 3. The van der Waals surface area contributed by atoms with Crippen LogP contribution >= 0.6 is 23.5 Å². The van der Waals surface area contributed by atoms with Crippen molar-refractivity contribution < 1.29 is 0 Å². The second-order valence-electron chi connectivity index (χ2n) is 6.29. The summed E-state index contributed by atoms with van der Waals surface area (Å²) in [5, 5.41) is 10.8.